The highest BCUT2D eigenvalue weighted by Gasteiger charge is 2.36. The molecule has 3 heterocycles. The van der Waals surface area contributed by atoms with Crippen LogP contribution in [0.25, 0.3) is 11.0 Å². The molecule has 0 aliphatic carbocycles. The lowest BCUT2D eigenvalue weighted by atomic mass is 10.1. The predicted molar refractivity (Wildman–Crippen MR) is 117 cm³/mol. The Morgan fingerprint density at radius 1 is 1.34 bits per heavy atom. The molecule has 1 aliphatic heterocycles. The van der Waals surface area contributed by atoms with Crippen LogP contribution in [-0.4, -0.2) is 44.6 Å². The first-order chi connectivity index (χ1) is 15.3. The van der Waals surface area contributed by atoms with Crippen LogP contribution in [0, 0.1) is 5.82 Å². The van der Waals surface area contributed by atoms with Gasteiger partial charge < -0.3 is 14.6 Å². The molecule has 1 N–H and O–H groups in total. The Hall–Kier alpha value is -2.75. The molecule has 32 heavy (non-hydrogen) atoms. The van der Waals surface area contributed by atoms with Gasteiger partial charge in [-0.2, -0.15) is 0 Å². The van der Waals surface area contributed by atoms with Crippen LogP contribution in [0.1, 0.15) is 30.9 Å². The zero-order valence-electron chi connectivity index (χ0n) is 17.5. The Kier molecular flexibility index (Phi) is 6.32. The van der Waals surface area contributed by atoms with E-state index in [-0.39, 0.29) is 24.9 Å². The van der Waals surface area contributed by atoms with Gasteiger partial charge in [0, 0.05) is 31.5 Å². The fourth-order valence-electron chi connectivity index (χ4n) is 3.93. The summed E-state index contributed by atoms with van der Waals surface area (Å²) in [6.07, 6.45) is 3.48. The number of carbonyl (C=O) groups is 1. The predicted octanol–water partition coefficient (Wildman–Crippen LogP) is 4.75. The maximum Gasteiger partial charge on any atom is 0.307 e. The van der Waals surface area contributed by atoms with Crippen LogP contribution in [0.15, 0.2) is 35.7 Å². The number of aliphatic carboxylic acids is 1. The van der Waals surface area contributed by atoms with E-state index >= 15 is 0 Å². The van der Waals surface area contributed by atoms with Crippen molar-refractivity contribution in [3.8, 4) is 0 Å². The van der Waals surface area contributed by atoms with E-state index in [1.165, 1.54) is 23.9 Å². The topological polar surface area (TPSA) is 71.2 Å². The number of alkyl halides is 2. The number of carboxylic acid groups (broad SMARTS) is 1. The van der Waals surface area contributed by atoms with E-state index < -0.39 is 17.7 Å². The molecule has 1 aliphatic rings. The first-order valence-corrected chi connectivity index (χ1v) is 11.3. The van der Waals surface area contributed by atoms with E-state index in [2.05, 4.69) is 9.97 Å². The van der Waals surface area contributed by atoms with Gasteiger partial charge in [-0.25, -0.2) is 23.1 Å². The summed E-state index contributed by atoms with van der Waals surface area (Å²) in [5, 5.41) is 9.41. The molecule has 1 aromatic carbocycles. The van der Waals surface area contributed by atoms with Gasteiger partial charge in [-0.3, -0.25) is 4.79 Å². The number of benzene rings is 1. The van der Waals surface area contributed by atoms with Crippen LogP contribution < -0.4 is 4.90 Å². The number of aromatic nitrogens is 3. The van der Waals surface area contributed by atoms with Gasteiger partial charge in [0.15, 0.2) is 5.16 Å². The van der Waals surface area contributed by atoms with Crippen molar-refractivity contribution >= 4 is 34.5 Å². The summed E-state index contributed by atoms with van der Waals surface area (Å²) in [5.74, 6) is -3.95. The van der Waals surface area contributed by atoms with Crippen molar-refractivity contribution in [2.45, 2.75) is 49.6 Å². The van der Waals surface area contributed by atoms with Gasteiger partial charge in [0.25, 0.3) is 5.92 Å². The maximum absolute atomic E-state index is 14.0. The molecule has 0 saturated carbocycles. The lowest BCUT2D eigenvalue weighted by molar-refractivity contribution is -0.136. The summed E-state index contributed by atoms with van der Waals surface area (Å²) in [4.78, 5) is 21.7. The Labute approximate surface area is 187 Å². The second-order valence-electron chi connectivity index (χ2n) is 7.85. The molecule has 3 aromatic rings. The Balaban J connectivity index is 1.59. The van der Waals surface area contributed by atoms with Crippen molar-refractivity contribution in [1.29, 1.82) is 0 Å². The van der Waals surface area contributed by atoms with E-state index in [1.807, 2.05) is 17.7 Å². The fraction of sp³-hybridized carbons (Fsp3) is 0.409. The minimum absolute atomic E-state index is 0.104. The summed E-state index contributed by atoms with van der Waals surface area (Å²) in [7, 11) is 0. The largest absolute Gasteiger partial charge is 0.481 e. The average molecular weight is 465 g/mol. The minimum atomic E-state index is -2.72. The molecule has 1 saturated heterocycles. The number of fused-ring (bicyclic) bond motifs is 1. The second-order valence-corrected chi connectivity index (χ2v) is 8.80. The molecule has 2 aromatic heterocycles. The van der Waals surface area contributed by atoms with Gasteiger partial charge in [0.2, 0.25) is 0 Å². The molecule has 170 valence electrons. The number of nitrogens with zero attached hydrogens (tertiary/aromatic N) is 4. The molecule has 1 fully saturated rings. The van der Waals surface area contributed by atoms with Crippen molar-refractivity contribution in [2.75, 3.05) is 18.0 Å². The van der Waals surface area contributed by atoms with Crippen molar-refractivity contribution in [3.05, 3.63) is 47.5 Å². The zero-order chi connectivity index (χ0) is 22.9. The van der Waals surface area contributed by atoms with Crippen LogP contribution in [0.5, 0.6) is 0 Å². The normalized spacial score (nSPS) is 15.9. The van der Waals surface area contributed by atoms with Crippen LogP contribution in [0.2, 0.25) is 0 Å². The van der Waals surface area contributed by atoms with Crippen LogP contribution >= 0.6 is 11.8 Å². The van der Waals surface area contributed by atoms with Gasteiger partial charge in [-0.1, -0.05) is 23.9 Å². The molecule has 0 atom stereocenters. The Morgan fingerprint density at radius 2 is 2.16 bits per heavy atom. The Bertz CT molecular complexity index is 1150. The van der Waals surface area contributed by atoms with Gasteiger partial charge >= 0.3 is 5.97 Å². The number of halogens is 3. The molecule has 4 rings (SSSR count). The molecule has 0 amide bonds. The number of hydrogen-bond donors (Lipinski definition) is 1. The number of rotatable bonds is 7. The van der Waals surface area contributed by atoms with Crippen LogP contribution in [-0.2, 0) is 23.5 Å². The number of carboxylic acids is 1. The molecule has 10 heteroatoms. The summed E-state index contributed by atoms with van der Waals surface area (Å²) < 4.78 is 43.8. The summed E-state index contributed by atoms with van der Waals surface area (Å²) in [6, 6.07) is 4.39. The molecular formula is C22H23F3N4O2S. The van der Waals surface area contributed by atoms with E-state index in [9.17, 15) is 18.0 Å². The summed E-state index contributed by atoms with van der Waals surface area (Å²) in [5.41, 5.74) is 2.97. The SMILES string of the molecule is CCn1cc(N2CCCC(F)(F)C2)c2nc(SCc3ccc(F)c(CC(=O)O)c3)ncc21. The van der Waals surface area contributed by atoms with Gasteiger partial charge in [0.1, 0.15) is 11.3 Å². The third-order valence-corrected chi connectivity index (χ3v) is 6.40. The summed E-state index contributed by atoms with van der Waals surface area (Å²) >= 11 is 1.33. The van der Waals surface area contributed by atoms with Gasteiger partial charge in [-0.15, -0.1) is 0 Å². The van der Waals surface area contributed by atoms with Crippen molar-refractivity contribution in [1.82, 2.24) is 14.5 Å². The molecule has 0 spiro atoms. The second kappa shape index (κ2) is 9.01. The quantitative estimate of drug-likeness (QED) is 0.402. The van der Waals surface area contributed by atoms with Crippen LogP contribution in [0.4, 0.5) is 18.9 Å². The molecule has 6 nitrogen and oxygen atoms in total. The number of piperidine rings is 1. The van der Waals surface area contributed by atoms with Gasteiger partial charge in [-0.05, 0) is 30.5 Å². The monoisotopic (exact) mass is 464 g/mol. The lowest BCUT2D eigenvalue weighted by Crippen LogP contribution is -2.42. The molecular weight excluding hydrogens is 441 g/mol. The third kappa shape index (κ3) is 4.85. The van der Waals surface area contributed by atoms with Gasteiger partial charge in [0.05, 0.1) is 30.4 Å². The molecule has 0 bridgehead atoms. The third-order valence-electron chi connectivity index (χ3n) is 5.47. The summed E-state index contributed by atoms with van der Waals surface area (Å²) in [6.45, 7) is 2.86. The highest BCUT2D eigenvalue weighted by Crippen LogP contribution is 2.35. The minimum Gasteiger partial charge on any atom is -0.481 e. The maximum atomic E-state index is 14.0. The van der Waals surface area contributed by atoms with E-state index in [0.29, 0.717) is 41.6 Å². The van der Waals surface area contributed by atoms with Crippen molar-refractivity contribution in [2.24, 2.45) is 0 Å². The van der Waals surface area contributed by atoms with Crippen LogP contribution in [0.3, 0.4) is 0 Å². The zero-order valence-corrected chi connectivity index (χ0v) is 18.3. The first-order valence-electron chi connectivity index (χ1n) is 10.4. The number of thioether (sulfide) groups is 1. The van der Waals surface area contributed by atoms with E-state index in [1.54, 1.807) is 17.2 Å². The van der Waals surface area contributed by atoms with E-state index in [0.717, 1.165) is 11.1 Å². The van der Waals surface area contributed by atoms with Crippen molar-refractivity contribution in [3.63, 3.8) is 0 Å². The Morgan fingerprint density at radius 3 is 2.88 bits per heavy atom. The average Bonchev–Trinajstić information content (AvgIpc) is 3.11. The van der Waals surface area contributed by atoms with E-state index in [4.69, 9.17) is 5.11 Å². The van der Waals surface area contributed by atoms with Crippen molar-refractivity contribution < 1.29 is 23.1 Å². The molecule has 0 unspecified atom stereocenters. The highest BCUT2D eigenvalue weighted by molar-refractivity contribution is 7.98. The first kappa shape index (κ1) is 22.4. The highest BCUT2D eigenvalue weighted by atomic mass is 32.2. The smallest absolute Gasteiger partial charge is 0.307 e. The number of aryl methyl sites for hydroxylation is 1. The number of anilines is 1. The molecule has 0 radical (unpaired) electrons. The fourth-order valence-corrected chi connectivity index (χ4v) is 4.69. The number of hydrogen-bond acceptors (Lipinski definition) is 5. The standard InChI is InChI=1S/C22H23F3N4O2S/c1-2-28-11-18(29-7-3-6-22(24,25)13-29)20-17(28)10-26-21(27-20)32-12-14-4-5-16(23)15(8-14)9-19(30)31/h4-5,8,10-11H,2-3,6-7,9,12-13H2,1H3,(H,30,31). The lowest BCUT2D eigenvalue weighted by Gasteiger charge is -2.33.